The largest absolute Gasteiger partial charge is 0.444 e. The molecule has 0 spiro atoms. The van der Waals surface area contributed by atoms with Gasteiger partial charge in [-0.1, -0.05) is 81.0 Å². The van der Waals surface area contributed by atoms with E-state index in [1.165, 1.54) is 4.90 Å². The third-order valence-corrected chi connectivity index (χ3v) is 7.49. The molecule has 2 aromatic rings. The zero-order valence-electron chi connectivity index (χ0n) is 26.2. The van der Waals surface area contributed by atoms with Crippen molar-refractivity contribution in [3.05, 3.63) is 63.7 Å². The van der Waals surface area contributed by atoms with Gasteiger partial charge in [-0.15, -0.1) is 0 Å². The first-order valence-corrected chi connectivity index (χ1v) is 15.2. The van der Waals surface area contributed by atoms with E-state index in [0.717, 1.165) is 48.8 Å². The number of benzene rings is 2. The van der Waals surface area contributed by atoms with Crippen LogP contribution < -0.4 is 10.6 Å². The third-order valence-electron chi connectivity index (χ3n) is 7.18. The van der Waals surface area contributed by atoms with E-state index >= 15 is 0 Å². The maximum absolute atomic E-state index is 14.2. The van der Waals surface area contributed by atoms with Crippen LogP contribution in [0.25, 0.3) is 0 Å². The molecule has 0 fully saturated rings. The van der Waals surface area contributed by atoms with Crippen LogP contribution >= 0.6 is 11.6 Å². The van der Waals surface area contributed by atoms with Crippen molar-refractivity contribution in [3.63, 3.8) is 0 Å². The Morgan fingerprint density at radius 3 is 2.19 bits per heavy atom. The van der Waals surface area contributed by atoms with Crippen LogP contribution in [0.1, 0.15) is 94.5 Å². The van der Waals surface area contributed by atoms with Gasteiger partial charge in [-0.3, -0.25) is 9.59 Å². The summed E-state index contributed by atoms with van der Waals surface area (Å²) in [6.07, 6.45) is 5.06. The first-order valence-electron chi connectivity index (χ1n) is 14.8. The molecule has 42 heavy (non-hydrogen) atoms. The molecule has 0 heterocycles. The van der Waals surface area contributed by atoms with Gasteiger partial charge in [-0.05, 0) is 76.3 Å². The smallest absolute Gasteiger partial charge is 0.408 e. The monoisotopic (exact) mass is 601 g/mol. The molecular formula is C33H48ClN3O5. The molecule has 0 aliphatic carbocycles. The van der Waals surface area contributed by atoms with Gasteiger partial charge in [0.25, 0.3) is 5.91 Å². The minimum absolute atomic E-state index is 0.254. The molecule has 2 rings (SSSR count). The predicted octanol–water partition coefficient (Wildman–Crippen LogP) is 7.02. The number of nitrogens with one attached hydrogen (secondary N) is 2. The van der Waals surface area contributed by atoms with Crippen molar-refractivity contribution in [3.8, 4) is 0 Å². The summed E-state index contributed by atoms with van der Waals surface area (Å²) in [5.74, 6) is -1.01. The second-order valence-electron chi connectivity index (χ2n) is 11.8. The molecule has 0 radical (unpaired) electrons. The van der Waals surface area contributed by atoms with E-state index < -0.39 is 42.2 Å². The number of carbonyl (C=O) groups excluding carboxylic acids is 3. The number of aliphatic hydroxyl groups is 1. The van der Waals surface area contributed by atoms with Crippen LogP contribution in [-0.2, 0) is 14.3 Å². The molecule has 0 saturated carbocycles. The fraction of sp³-hybridized carbons (Fsp3) is 0.545. The van der Waals surface area contributed by atoms with Crippen molar-refractivity contribution in [1.29, 1.82) is 0 Å². The molecule has 3 N–H and O–H groups in total. The van der Waals surface area contributed by atoms with Crippen molar-refractivity contribution in [2.45, 2.75) is 105 Å². The Bertz CT molecular complexity index is 1190. The highest BCUT2D eigenvalue weighted by Crippen LogP contribution is 2.31. The molecule has 232 valence electrons. The lowest BCUT2D eigenvalue weighted by Gasteiger charge is -2.35. The zero-order valence-corrected chi connectivity index (χ0v) is 26.9. The summed E-state index contributed by atoms with van der Waals surface area (Å²) in [7, 11) is 0. The minimum Gasteiger partial charge on any atom is -0.444 e. The quantitative estimate of drug-likeness (QED) is 0.202. The van der Waals surface area contributed by atoms with Gasteiger partial charge in [-0.25, -0.2) is 4.79 Å². The van der Waals surface area contributed by atoms with Crippen LogP contribution in [-0.4, -0.2) is 52.7 Å². The molecule has 0 bridgehead atoms. The summed E-state index contributed by atoms with van der Waals surface area (Å²) in [4.78, 5) is 42.4. The number of rotatable bonds is 14. The molecule has 2 atom stereocenters. The number of unbranched alkanes of at least 4 members (excludes halogenated alkanes) is 5. The van der Waals surface area contributed by atoms with Crippen LogP contribution in [0.5, 0.6) is 0 Å². The van der Waals surface area contributed by atoms with Crippen molar-refractivity contribution >= 4 is 35.2 Å². The van der Waals surface area contributed by atoms with Crippen molar-refractivity contribution in [1.82, 2.24) is 10.2 Å². The van der Waals surface area contributed by atoms with E-state index in [0.29, 0.717) is 22.7 Å². The Labute approximate surface area is 256 Å². The third kappa shape index (κ3) is 10.3. The number of nitrogens with zero attached hydrogens (tertiary/aromatic N) is 1. The topological polar surface area (TPSA) is 108 Å². The van der Waals surface area contributed by atoms with E-state index in [1.54, 1.807) is 32.9 Å². The standard InChI is InChI=1S/C33H48ClN3O5/c1-8-9-10-11-12-13-20-37(31(40)27(21-38)35-32(41)42-33(5,6)7)29(25-18-14-16-22(2)24(25)4)30(39)36-28-23(3)17-15-19-26(28)34/h14-19,27,29,38H,8-13,20-21H2,1-7H3,(H,35,41)(H,36,39). The number of hydrogen-bond donors (Lipinski definition) is 3. The molecule has 0 aromatic heterocycles. The van der Waals surface area contributed by atoms with E-state index in [9.17, 15) is 19.5 Å². The molecule has 3 amide bonds. The average molecular weight is 602 g/mol. The van der Waals surface area contributed by atoms with Gasteiger partial charge in [0.2, 0.25) is 5.91 Å². The summed E-state index contributed by atoms with van der Waals surface area (Å²) in [5, 5.41) is 16.1. The summed E-state index contributed by atoms with van der Waals surface area (Å²) in [6, 6.07) is 8.64. The Hall–Kier alpha value is -3.10. The van der Waals surface area contributed by atoms with Crippen LogP contribution in [0, 0.1) is 20.8 Å². The van der Waals surface area contributed by atoms with Crippen LogP contribution in [0.3, 0.4) is 0 Å². The van der Waals surface area contributed by atoms with Gasteiger partial charge in [0.1, 0.15) is 17.7 Å². The number of amides is 3. The average Bonchev–Trinajstić information content (AvgIpc) is 2.91. The Morgan fingerprint density at radius 1 is 0.952 bits per heavy atom. The van der Waals surface area contributed by atoms with Gasteiger partial charge >= 0.3 is 6.09 Å². The summed E-state index contributed by atoms with van der Waals surface area (Å²) < 4.78 is 5.34. The highest BCUT2D eigenvalue weighted by molar-refractivity contribution is 6.34. The minimum atomic E-state index is -1.30. The molecule has 0 saturated heterocycles. The highest BCUT2D eigenvalue weighted by Gasteiger charge is 2.37. The summed E-state index contributed by atoms with van der Waals surface area (Å²) >= 11 is 6.46. The van der Waals surface area contributed by atoms with Crippen molar-refractivity contribution in [2.24, 2.45) is 0 Å². The number of aryl methyl sites for hydroxylation is 2. The van der Waals surface area contributed by atoms with E-state index in [-0.39, 0.29) is 6.54 Å². The first kappa shape index (κ1) is 35.1. The molecule has 2 aromatic carbocycles. The van der Waals surface area contributed by atoms with Crippen LogP contribution in [0.15, 0.2) is 36.4 Å². The molecular weight excluding hydrogens is 554 g/mol. The number of para-hydroxylation sites is 1. The number of carbonyl (C=O) groups is 3. The highest BCUT2D eigenvalue weighted by atomic mass is 35.5. The van der Waals surface area contributed by atoms with Gasteiger partial charge < -0.3 is 25.4 Å². The van der Waals surface area contributed by atoms with Crippen molar-refractivity contribution in [2.75, 3.05) is 18.5 Å². The first-order chi connectivity index (χ1) is 19.8. The van der Waals surface area contributed by atoms with Crippen molar-refractivity contribution < 1.29 is 24.2 Å². The molecule has 9 heteroatoms. The van der Waals surface area contributed by atoms with E-state index in [4.69, 9.17) is 16.3 Å². The summed E-state index contributed by atoms with van der Waals surface area (Å²) in [6.45, 7) is 12.6. The fourth-order valence-electron chi connectivity index (χ4n) is 4.77. The van der Waals surface area contributed by atoms with E-state index in [2.05, 4.69) is 17.6 Å². The SMILES string of the molecule is CCCCCCCCN(C(=O)C(CO)NC(=O)OC(C)(C)C)C(C(=O)Nc1c(C)cccc1Cl)c1cccc(C)c1C. The lowest BCUT2D eigenvalue weighted by Crippen LogP contribution is -2.54. The van der Waals surface area contributed by atoms with Gasteiger partial charge in [-0.2, -0.15) is 0 Å². The van der Waals surface area contributed by atoms with Crippen LogP contribution in [0.4, 0.5) is 10.5 Å². The zero-order chi connectivity index (χ0) is 31.4. The van der Waals surface area contributed by atoms with Gasteiger partial charge in [0.15, 0.2) is 0 Å². The van der Waals surface area contributed by atoms with Crippen LogP contribution in [0.2, 0.25) is 5.02 Å². The second kappa shape index (κ2) is 16.5. The number of anilines is 1. The predicted molar refractivity (Wildman–Crippen MR) is 169 cm³/mol. The van der Waals surface area contributed by atoms with E-state index in [1.807, 2.05) is 45.0 Å². The number of aliphatic hydroxyl groups excluding tert-OH is 1. The normalized spacial score (nSPS) is 12.8. The number of alkyl carbamates (subject to hydrolysis) is 1. The number of hydrogen-bond acceptors (Lipinski definition) is 5. The number of ether oxygens (including phenoxy) is 1. The van der Waals surface area contributed by atoms with Gasteiger partial charge in [0.05, 0.1) is 17.3 Å². The molecule has 8 nitrogen and oxygen atoms in total. The Kier molecular flexibility index (Phi) is 13.8. The maximum Gasteiger partial charge on any atom is 0.408 e. The lowest BCUT2D eigenvalue weighted by atomic mass is 9.94. The lowest BCUT2D eigenvalue weighted by molar-refractivity contribution is -0.141. The number of halogens is 1. The maximum atomic E-state index is 14.2. The molecule has 2 unspecified atom stereocenters. The Balaban J connectivity index is 2.55. The second-order valence-corrected chi connectivity index (χ2v) is 12.2. The fourth-order valence-corrected chi connectivity index (χ4v) is 5.04. The summed E-state index contributed by atoms with van der Waals surface area (Å²) in [5.41, 5.74) is 2.96. The molecule has 0 aliphatic rings. The Morgan fingerprint density at radius 2 is 1.57 bits per heavy atom. The molecule has 0 aliphatic heterocycles. The van der Waals surface area contributed by atoms with Gasteiger partial charge in [0, 0.05) is 6.54 Å².